The van der Waals surface area contributed by atoms with E-state index in [-0.39, 0.29) is 28.3 Å². The molecule has 1 aliphatic heterocycles. The fraction of sp³-hybridized carbons (Fsp3) is 0.450. The Morgan fingerprint density at radius 2 is 1.94 bits per heavy atom. The Morgan fingerprint density at radius 3 is 2.65 bits per heavy atom. The Kier molecular flexibility index (Phi) is 11.5. The van der Waals surface area contributed by atoms with E-state index in [1.807, 2.05) is 12.1 Å². The number of benzene rings is 1. The van der Waals surface area contributed by atoms with Crippen molar-refractivity contribution in [3.05, 3.63) is 46.2 Å². The van der Waals surface area contributed by atoms with Gasteiger partial charge in [0.1, 0.15) is 10.6 Å². The zero-order chi connectivity index (χ0) is 20.7. The number of nitrogens with two attached hydrogens (primary N) is 1. The number of carbonyl (C=O) groups is 1. The lowest BCUT2D eigenvalue weighted by atomic mass is 10.1. The summed E-state index contributed by atoms with van der Waals surface area (Å²) in [5.41, 5.74) is 1.33. The van der Waals surface area contributed by atoms with Crippen LogP contribution in [0.5, 0.6) is 5.75 Å². The zero-order valence-corrected chi connectivity index (χ0v) is 19.7. The first-order valence-electron chi connectivity index (χ1n) is 9.75. The summed E-state index contributed by atoms with van der Waals surface area (Å²) in [5.74, 6) is 0.374. The van der Waals surface area contributed by atoms with Gasteiger partial charge in [-0.05, 0) is 50.0 Å². The van der Waals surface area contributed by atoms with Gasteiger partial charge in [0.05, 0.1) is 12.2 Å². The molecule has 1 fully saturated rings. The molecule has 11 heteroatoms. The van der Waals surface area contributed by atoms with E-state index in [9.17, 15) is 13.2 Å². The molecular formula is C20H30ClN3O5S2. The molecule has 0 aliphatic carbocycles. The van der Waals surface area contributed by atoms with E-state index in [0.717, 1.165) is 36.7 Å². The van der Waals surface area contributed by atoms with Crippen LogP contribution < -0.4 is 15.2 Å². The molecular weight excluding hydrogens is 462 g/mol. The second-order valence-electron chi connectivity index (χ2n) is 7.14. The van der Waals surface area contributed by atoms with Gasteiger partial charge in [-0.25, -0.2) is 13.6 Å². The lowest BCUT2D eigenvalue weighted by Gasteiger charge is -2.26. The summed E-state index contributed by atoms with van der Waals surface area (Å²) in [7, 11) is -3.90. The second-order valence-corrected chi connectivity index (χ2v) is 9.41. The number of amides is 1. The van der Waals surface area contributed by atoms with Crippen molar-refractivity contribution in [1.82, 2.24) is 10.2 Å². The van der Waals surface area contributed by atoms with Crippen LogP contribution in [0.2, 0.25) is 0 Å². The molecule has 8 nitrogen and oxygen atoms in total. The number of thiophene rings is 1. The molecule has 31 heavy (non-hydrogen) atoms. The SMILES string of the molecule is Cl.NS(=O)(=O)c1cscc1C(=O)NCCCOc1cccc(CN2CCCCC2)c1.O. The second kappa shape index (κ2) is 13.0. The highest BCUT2D eigenvalue weighted by atomic mass is 35.5. The van der Waals surface area contributed by atoms with E-state index in [1.54, 1.807) is 0 Å². The average Bonchev–Trinajstić information content (AvgIpc) is 3.19. The van der Waals surface area contributed by atoms with E-state index in [4.69, 9.17) is 9.88 Å². The van der Waals surface area contributed by atoms with Crippen LogP contribution in [0.25, 0.3) is 0 Å². The van der Waals surface area contributed by atoms with Crippen LogP contribution in [0.4, 0.5) is 0 Å². The molecule has 0 radical (unpaired) electrons. The van der Waals surface area contributed by atoms with Crippen molar-refractivity contribution in [1.29, 1.82) is 0 Å². The highest BCUT2D eigenvalue weighted by Gasteiger charge is 2.20. The largest absolute Gasteiger partial charge is 0.494 e. The molecule has 174 valence electrons. The minimum atomic E-state index is -3.90. The minimum absolute atomic E-state index is 0. The number of piperidine rings is 1. The third kappa shape index (κ3) is 8.40. The number of carbonyl (C=O) groups excluding carboxylic acids is 1. The van der Waals surface area contributed by atoms with Crippen LogP contribution in [0.15, 0.2) is 39.9 Å². The van der Waals surface area contributed by atoms with E-state index in [2.05, 4.69) is 22.3 Å². The van der Waals surface area contributed by atoms with Gasteiger partial charge in [0.2, 0.25) is 10.0 Å². The summed E-state index contributed by atoms with van der Waals surface area (Å²) in [6.45, 7) is 4.09. The van der Waals surface area contributed by atoms with Crippen molar-refractivity contribution >= 4 is 39.7 Å². The van der Waals surface area contributed by atoms with Crippen LogP contribution in [0.1, 0.15) is 41.6 Å². The third-order valence-electron chi connectivity index (χ3n) is 4.81. The van der Waals surface area contributed by atoms with E-state index < -0.39 is 15.9 Å². The monoisotopic (exact) mass is 491 g/mol. The van der Waals surface area contributed by atoms with Gasteiger partial charge in [-0.2, -0.15) is 11.3 Å². The molecule has 0 saturated carbocycles. The highest BCUT2D eigenvalue weighted by molar-refractivity contribution is 7.89. The van der Waals surface area contributed by atoms with Gasteiger partial charge in [-0.15, -0.1) is 12.4 Å². The molecule has 5 N–H and O–H groups in total. The van der Waals surface area contributed by atoms with Crippen molar-refractivity contribution in [3.63, 3.8) is 0 Å². The molecule has 0 bridgehead atoms. The zero-order valence-electron chi connectivity index (χ0n) is 17.2. The van der Waals surface area contributed by atoms with Gasteiger partial charge in [0, 0.05) is 23.8 Å². The van der Waals surface area contributed by atoms with Crippen LogP contribution in [-0.2, 0) is 16.6 Å². The van der Waals surface area contributed by atoms with Crippen LogP contribution in [-0.4, -0.2) is 50.9 Å². The smallest absolute Gasteiger partial charge is 0.253 e. The molecule has 3 rings (SSSR count). The number of likely N-dealkylation sites (tertiary alicyclic amines) is 1. The Bertz CT molecular complexity index is 930. The predicted octanol–water partition coefficient (Wildman–Crippen LogP) is 2.18. The number of nitrogens with zero attached hydrogens (tertiary/aromatic N) is 1. The number of primary sulfonamides is 1. The van der Waals surface area contributed by atoms with E-state index in [0.29, 0.717) is 19.6 Å². The number of hydrogen-bond acceptors (Lipinski definition) is 6. The summed E-state index contributed by atoms with van der Waals surface area (Å²) in [6.07, 6.45) is 4.47. The maximum Gasteiger partial charge on any atom is 0.253 e. The summed E-state index contributed by atoms with van der Waals surface area (Å²) in [6, 6.07) is 8.12. The molecule has 0 unspecified atom stereocenters. The molecule has 1 aromatic carbocycles. The van der Waals surface area contributed by atoms with E-state index in [1.165, 1.54) is 35.6 Å². The van der Waals surface area contributed by atoms with Crippen molar-refractivity contribution in [2.24, 2.45) is 5.14 Å². The average molecular weight is 492 g/mol. The summed E-state index contributed by atoms with van der Waals surface area (Å²) in [5, 5.41) is 10.7. The minimum Gasteiger partial charge on any atom is -0.494 e. The summed E-state index contributed by atoms with van der Waals surface area (Å²) < 4.78 is 28.8. The topological polar surface area (TPSA) is 133 Å². The fourth-order valence-corrected chi connectivity index (χ4v) is 5.26. The van der Waals surface area contributed by atoms with Crippen LogP contribution >= 0.6 is 23.7 Å². The number of hydrogen-bond donors (Lipinski definition) is 2. The first kappa shape index (κ1) is 27.3. The quantitative estimate of drug-likeness (QED) is 0.518. The molecule has 1 saturated heterocycles. The Balaban J connectivity index is 0.00000240. The van der Waals surface area contributed by atoms with Gasteiger partial charge in [-0.1, -0.05) is 18.6 Å². The fourth-order valence-electron chi connectivity index (χ4n) is 3.34. The van der Waals surface area contributed by atoms with Gasteiger partial charge < -0.3 is 15.5 Å². The van der Waals surface area contributed by atoms with Gasteiger partial charge >= 0.3 is 0 Å². The molecule has 2 heterocycles. The highest BCUT2D eigenvalue weighted by Crippen LogP contribution is 2.19. The molecule has 0 spiro atoms. The van der Waals surface area contributed by atoms with Gasteiger partial charge in [0.15, 0.2) is 0 Å². The van der Waals surface area contributed by atoms with Gasteiger partial charge in [-0.3, -0.25) is 9.69 Å². The lowest BCUT2D eigenvalue weighted by molar-refractivity contribution is 0.0949. The maximum absolute atomic E-state index is 12.2. The number of sulfonamides is 1. The number of halogens is 1. The van der Waals surface area contributed by atoms with Crippen molar-refractivity contribution < 1.29 is 23.4 Å². The Morgan fingerprint density at radius 1 is 1.19 bits per heavy atom. The molecule has 1 aliphatic rings. The van der Waals surface area contributed by atoms with E-state index >= 15 is 0 Å². The number of rotatable bonds is 9. The molecule has 1 amide bonds. The number of ether oxygens (including phenoxy) is 1. The molecule has 2 aromatic rings. The van der Waals surface area contributed by atoms with Crippen molar-refractivity contribution in [2.75, 3.05) is 26.2 Å². The first-order chi connectivity index (χ1) is 13.9. The van der Waals surface area contributed by atoms with Gasteiger partial charge in [0.25, 0.3) is 5.91 Å². The standard InChI is InChI=1S/C20H27N3O4S2.ClH.H2O/c21-29(25,26)19-15-28-14-18(19)20(24)22-8-5-11-27-17-7-4-6-16(12-17)13-23-9-2-1-3-10-23;;/h4,6-7,12,14-15H,1-3,5,8-11,13H2,(H,22,24)(H2,21,25,26);1H;1H2. The maximum atomic E-state index is 12.2. The van der Waals surface area contributed by atoms with Crippen molar-refractivity contribution in [2.45, 2.75) is 37.1 Å². The van der Waals surface area contributed by atoms with Crippen LogP contribution in [0, 0.1) is 0 Å². The molecule has 1 aromatic heterocycles. The van der Waals surface area contributed by atoms with Crippen LogP contribution in [0.3, 0.4) is 0 Å². The van der Waals surface area contributed by atoms with Crippen molar-refractivity contribution in [3.8, 4) is 5.75 Å². The normalized spacial score (nSPS) is 14.2. The Hall–Kier alpha value is -1.69. The Labute approximate surface area is 193 Å². The summed E-state index contributed by atoms with van der Waals surface area (Å²) >= 11 is 1.13. The third-order valence-corrected chi connectivity index (χ3v) is 6.65. The lowest BCUT2D eigenvalue weighted by Crippen LogP contribution is -2.29. The number of nitrogens with one attached hydrogen (secondary N) is 1. The summed E-state index contributed by atoms with van der Waals surface area (Å²) in [4.78, 5) is 14.5. The molecule has 0 atom stereocenters. The first-order valence-corrected chi connectivity index (χ1v) is 12.2. The predicted molar refractivity (Wildman–Crippen MR) is 125 cm³/mol.